The van der Waals surface area contributed by atoms with Crippen molar-refractivity contribution in [3.05, 3.63) is 29.3 Å². The second-order valence-corrected chi connectivity index (χ2v) is 4.09. The summed E-state index contributed by atoms with van der Waals surface area (Å²) in [6.45, 7) is 2.64. The van der Waals surface area contributed by atoms with Crippen LogP contribution in [0.5, 0.6) is 5.75 Å². The van der Waals surface area contributed by atoms with Gasteiger partial charge in [0.1, 0.15) is 12.4 Å². The molecule has 1 heterocycles. The molecule has 3 heteroatoms. The lowest BCUT2D eigenvalue weighted by molar-refractivity contribution is 0.153. The van der Waals surface area contributed by atoms with Crippen molar-refractivity contribution in [3.8, 4) is 5.75 Å². The highest BCUT2D eigenvalue weighted by Gasteiger charge is 2.22. The van der Waals surface area contributed by atoms with Gasteiger partial charge in [-0.2, -0.15) is 0 Å². The van der Waals surface area contributed by atoms with E-state index < -0.39 is 6.10 Å². The average molecular weight is 207 g/mol. The molecular formula is C12H17NO2. The van der Waals surface area contributed by atoms with E-state index >= 15 is 0 Å². The maximum Gasteiger partial charge on any atom is 0.125 e. The Labute approximate surface area is 90.1 Å². The van der Waals surface area contributed by atoms with Gasteiger partial charge < -0.3 is 15.2 Å². The Morgan fingerprint density at radius 3 is 3.00 bits per heavy atom. The van der Waals surface area contributed by atoms with Crippen molar-refractivity contribution in [2.45, 2.75) is 25.5 Å². The van der Waals surface area contributed by atoms with Crippen LogP contribution in [0.2, 0.25) is 0 Å². The zero-order valence-electron chi connectivity index (χ0n) is 9.16. The number of rotatable bonds is 1. The largest absolute Gasteiger partial charge is 0.492 e. The second kappa shape index (κ2) is 4.21. The van der Waals surface area contributed by atoms with Crippen molar-refractivity contribution in [1.29, 1.82) is 0 Å². The van der Waals surface area contributed by atoms with Crippen LogP contribution in [0.4, 0.5) is 0 Å². The number of hydrogen-bond donors (Lipinski definition) is 2. The Hall–Kier alpha value is -1.06. The highest BCUT2D eigenvalue weighted by Crippen LogP contribution is 2.31. The minimum atomic E-state index is -0.431. The van der Waals surface area contributed by atoms with Gasteiger partial charge in [-0.05, 0) is 32.5 Å². The van der Waals surface area contributed by atoms with Gasteiger partial charge in [0.05, 0.1) is 6.10 Å². The molecule has 0 fully saturated rings. The molecule has 0 bridgehead atoms. The van der Waals surface area contributed by atoms with Gasteiger partial charge in [0.15, 0.2) is 0 Å². The summed E-state index contributed by atoms with van der Waals surface area (Å²) in [4.78, 5) is 0. The van der Waals surface area contributed by atoms with E-state index in [1.807, 2.05) is 32.2 Å². The fraction of sp³-hybridized carbons (Fsp3) is 0.500. The molecule has 0 radical (unpaired) electrons. The number of fused-ring (bicyclic) bond motifs is 1. The Morgan fingerprint density at radius 1 is 1.47 bits per heavy atom. The van der Waals surface area contributed by atoms with Gasteiger partial charge in [0.25, 0.3) is 0 Å². The van der Waals surface area contributed by atoms with E-state index in [1.54, 1.807) is 0 Å². The summed E-state index contributed by atoms with van der Waals surface area (Å²) in [5, 5.41) is 13.2. The third kappa shape index (κ3) is 2.13. The molecule has 82 valence electrons. The standard InChI is InChI=1S/C12H17NO2/c1-8-3-4-12-10(5-8)11(14)6-9(13-2)7-15-12/h3-5,9,11,13-14H,6-7H2,1-2H3. The first-order valence-electron chi connectivity index (χ1n) is 5.29. The summed E-state index contributed by atoms with van der Waals surface area (Å²) in [5.41, 5.74) is 2.06. The van der Waals surface area contributed by atoms with Gasteiger partial charge >= 0.3 is 0 Å². The van der Waals surface area contributed by atoms with Crippen LogP contribution < -0.4 is 10.1 Å². The van der Waals surface area contributed by atoms with Gasteiger partial charge in [0, 0.05) is 11.6 Å². The highest BCUT2D eigenvalue weighted by molar-refractivity contribution is 5.39. The lowest BCUT2D eigenvalue weighted by atomic mass is 10.0. The molecule has 0 saturated heterocycles. The Balaban J connectivity index is 2.31. The molecule has 0 saturated carbocycles. The first-order chi connectivity index (χ1) is 7.20. The van der Waals surface area contributed by atoms with Crippen molar-refractivity contribution in [2.24, 2.45) is 0 Å². The fourth-order valence-electron chi connectivity index (χ4n) is 1.92. The molecule has 0 aromatic heterocycles. The maximum atomic E-state index is 10.0. The van der Waals surface area contributed by atoms with Crippen LogP contribution in [-0.4, -0.2) is 24.8 Å². The molecule has 0 spiro atoms. The van der Waals surface area contributed by atoms with Crippen molar-refractivity contribution in [3.63, 3.8) is 0 Å². The third-order valence-electron chi connectivity index (χ3n) is 2.88. The number of likely N-dealkylation sites (N-methyl/N-ethyl adjacent to an activating group) is 1. The zero-order chi connectivity index (χ0) is 10.8. The number of aryl methyl sites for hydroxylation is 1. The molecule has 1 aromatic carbocycles. The van der Waals surface area contributed by atoms with Gasteiger partial charge in [0.2, 0.25) is 0 Å². The summed E-state index contributed by atoms with van der Waals surface area (Å²) in [7, 11) is 1.89. The topological polar surface area (TPSA) is 41.5 Å². The molecule has 2 atom stereocenters. The second-order valence-electron chi connectivity index (χ2n) is 4.09. The molecule has 15 heavy (non-hydrogen) atoms. The summed E-state index contributed by atoms with van der Waals surface area (Å²) < 4.78 is 5.65. The third-order valence-corrected chi connectivity index (χ3v) is 2.88. The molecule has 2 N–H and O–H groups in total. The first-order valence-corrected chi connectivity index (χ1v) is 5.29. The summed E-state index contributed by atoms with van der Waals surface area (Å²) in [6, 6.07) is 6.16. The Morgan fingerprint density at radius 2 is 2.27 bits per heavy atom. The van der Waals surface area contributed by atoms with Crippen LogP contribution in [0.3, 0.4) is 0 Å². The van der Waals surface area contributed by atoms with Crippen molar-refractivity contribution in [2.75, 3.05) is 13.7 Å². The van der Waals surface area contributed by atoms with Gasteiger partial charge in [-0.1, -0.05) is 11.6 Å². The van der Waals surface area contributed by atoms with E-state index in [4.69, 9.17) is 4.74 Å². The van der Waals surface area contributed by atoms with Crippen molar-refractivity contribution in [1.82, 2.24) is 5.32 Å². The lowest BCUT2D eigenvalue weighted by Crippen LogP contribution is -2.31. The number of nitrogens with one attached hydrogen (secondary N) is 1. The molecule has 0 aliphatic carbocycles. The van der Waals surface area contributed by atoms with Crippen molar-refractivity contribution >= 4 is 0 Å². The zero-order valence-corrected chi connectivity index (χ0v) is 9.16. The van der Waals surface area contributed by atoms with E-state index in [-0.39, 0.29) is 6.04 Å². The Bertz CT molecular complexity index is 351. The molecule has 1 aliphatic heterocycles. The monoisotopic (exact) mass is 207 g/mol. The number of aliphatic hydroxyl groups is 1. The predicted octanol–water partition coefficient (Wildman–Crippen LogP) is 1.40. The maximum absolute atomic E-state index is 10.0. The van der Waals surface area contributed by atoms with Gasteiger partial charge in [-0.25, -0.2) is 0 Å². The van der Waals surface area contributed by atoms with Crippen LogP contribution in [0.15, 0.2) is 18.2 Å². The lowest BCUT2D eigenvalue weighted by Gasteiger charge is -2.14. The van der Waals surface area contributed by atoms with Crippen LogP contribution >= 0.6 is 0 Å². The quantitative estimate of drug-likeness (QED) is 0.731. The molecular weight excluding hydrogens is 190 g/mol. The number of aliphatic hydroxyl groups excluding tert-OH is 1. The van der Waals surface area contributed by atoms with E-state index in [2.05, 4.69) is 5.32 Å². The van der Waals surface area contributed by atoms with Gasteiger partial charge in [-0.15, -0.1) is 0 Å². The summed E-state index contributed by atoms with van der Waals surface area (Å²) >= 11 is 0. The minimum Gasteiger partial charge on any atom is -0.492 e. The van der Waals surface area contributed by atoms with E-state index in [0.717, 1.165) is 16.9 Å². The van der Waals surface area contributed by atoms with Crippen molar-refractivity contribution < 1.29 is 9.84 Å². The number of ether oxygens (including phenoxy) is 1. The van der Waals surface area contributed by atoms with Crippen LogP contribution in [-0.2, 0) is 0 Å². The number of hydrogen-bond acceptors (Lipinski definition) is 3. The molecule has 3 nitrogen and oxygen atoms in total. The highest BCUT2D eigenvalue weighted by atomic mass is 16.5. The van der Waals surface area contributed by atoms with Crippen LogP contribution in [0, 0.1) is 6.92 Å². The smallest absolute Gasteiger partial charge is 0.125 e. The van der Waals surface area contributed by atoms with Crippen LogP contribution in [0.25, 0.3) is 0 Å². The minimum absolute atomic E-state index is 0.215. The van der Waals surface area contributed by atoms with E-state index in [0.29, 0.717) is 13.0 Å². The van der Waals surface area contributed by atoms with Crippen LogP contribution in [0.1, 0.15) is 23.7 Å². The molecule has 0 amide bonds. The van der Waals surface area contributed by atoms with E-state index in [9.17, 15) is 5.11 Å². The first kappa shape index (κ1) is 10.5. The molecule has 1 aliphatic rings. The average Bonchev–Trinajstić information content (AvgIpc) is 2.39. The summed E-state index contributed by atoms with van der Waals surface area (Å²) in [5.74, 6) is 0.811. The van der Waals surface area contributed by atoms with E-state index in [1.165, 1.54) is 0 Å². The summed E-state index contributed by atoms with van der Waals surface area (Å²) in [6.07, 6.45) is 0.271. The van der Waals surface area contributed by atoms with Gasteiger partial charge in [-0.3, -0.25) is 0 Å². The molecule has 2 unspecified atom stereocenters. The molecule has 1 aromatic rings. The Kier molecular flexibility index (Phi) is 2.93. The fourth-order valence-corrected chi connectivity index (χ4v) is 1.92. The number of benzene rings is 1. The normalized spacial score (nSPS) is 25.3. The predicted molar refractivity (Wildman–Crippen MR) is 59.1 cm³/mol. The SMILES string of the molecule is CNC1COc2ccc(C)cc2C(O)C1. The molecule has 2 rings (SSSR count).